The minimum atomic E-state index is -0.376. The van der Waals surface area contributed by atoms with Crippen LogP contribution in [0.2, 0.25) is 0 Å². The largest absolute Gasteiger partial charge is 0.273 e. The lowest BCUT2D eigenvalue weighted by atomic mass is 9.87. The summed E-state index contributed by atoms with van der Waals surface area (Å²) in [6.45, 7) is 5.98. The van der Waals surface area contributed by atoms with Gasteiger partial charge >= 0.3 is 0 Å². The van der Waals surface area contributed by atoms with Crippen LogP contribution in [0, 0.1) is 11.8 Å². The summed E-state index contributed by atoms with van der Waals surface area (Å²) in [6, 6.07) is 0. The van der Waals surface area contributed by atoms with E-state index in [4.69, 9.17) is 0 Å². The molecule has 2 fully saturated rings. The molecule has 22 heavy (non-hydrogen) atoms. The van der Waals surface area contributed by atoms with E-state index in [1.54, 1.807) is 5.01 Å². The molecule has 0 saturated heterocycles. The number of hydrogen-bond acceptors (Lipinski definition) is 2. The van der Waals surface area contributed by atoms with Crippen LogP contribution in [-0.2, 0) is 9.59 Å². The lowest BCUT2D eigenvalue weighted by molar-refractivity contribution is -0.153. The third-order valence-electron chi connectivity index (χ3n) is 5.04. The van der Waals surface area contributed by atoms with Gasteiger partial charge in [0.25, 0.3) is 0 Å². The maximum absolute atomic E-state index is 12.9. The molecule has 0 aromatic rings. The van der Waals surface area contributed by atoms with Crippen LogP contribution in [0.1, 0.15) is 85.0 Å². The van der Waals surface area contributed by atoms with Crippen molar-refractivity contribution in [2.24, 2.45) is 11.8 Å². The van der Waals surface area contributed by atoms with E-state index < -0.39 is 0 Å². The first-order valence-electron chi connectivity index (χ1n) is 9.04. The Morgan fingerprint density at radius 1 is 0.818 bits per heavy atom. The molecule has 0 spiro atoms. The Morgan fingerprint density at radius 2 is 1.27 bits per heavy atom. The maximum Gasteiger partial charge on any atom is 0.244 e. The van der Waals surface area contributed by atoms with Crippen molar-refractivity contribution >= 4 is 11.8 Å². The Hall–Kier alpha value is -1.06. The zero-order valence-corrected chi connectivity index (χ0v) is 14.5. The van der Waals surface area contributed by atoms with E-state index >= 15 is 0 Å². The third kappa shape index (κ3) is 4.47. The zero-order valence-electron chi connectivity index (χ0n) is 14.5. The number of nitrogens with one attached hydrogen (secondary N) is 1. The molecule has 2 aliphatic carbocycles. The van der Waals surface area contributed by atoms with Crippen molar-refractivity contribution in [2.45, 2.75) is 90.5 Å². The van der Waals surface area contributed by atoms with E-state index in [2.05, 4.69) is 5.43 Å². The SMILES string of the molecule is CC(C)(C)N(NC(=O)C1CCCCC1)C(=O)C1CCCCC1. The molecule has 0 aromatic heterocycles. The van der Waals surface area contributed by atoms with Crippen LogP contribution in [0.4, 0.5) is 0 Å². The number of nitrogens with zero attached hydrogens (tertiary/aromatic N) is 1. The Morgan fingerprint density at radius 3 is 1.73 bits per heavy atom. The summed E-state index contributed by atoms with van der Waals surface area (Å²) in [7, 11) is 0. The van der Waals surface area contributed by atoms with E-state index in [0.29, 0.717) is 0 Å². The molecule has 0 unspecified atom stereocenters. The fraction of sp³-hybridized carbons (Fsp3) is 0.889. The van der Waals surface area contributed by atoms with E-state index in [0.717, 1.165) is 51.4 Å². The molecule has 0 aliphatic heterocycles. The van der Waals surface area contributed by atoms with Crippen molar-refractivity contribution in [3.63, 3.8) is 0 Å². The molecule has 0 heterocycles. The number of amides is 2. The predicted molar refractivity (Wildman–Crippen MR) is 87.9 cm³/mol. The average molecular weight is 308 g/mol. The zero-order chi connectivity index (χ0) is 16.2. The molecule has 0 bridgehead atoms. The number of carbonyl (C=O) groups excluding carboxylic acids is 2. The summed E-state index contributed by atoms with van der Waals surface area (Å²) in [6.07, 6.45) is 10.8. The molecular formula is C18H32N2O2. The first-order valence-corrected chi connectivity index (χ1v) is 9.04. The Bertz CT molecular complexity index is 388. The fourth-order valence-electron chi connectivity index (χ4n) is 3.65. The fourth-order valence-corrected chi connectivity index (χ4v) is 3.65. The van der Waals surface area contributed by atoms with Gasteiger partial charge in [-0.25, -0.2) is 5.01 Å². The standard InChI is InChI=1S/C18H32N2O2/c1-18(2,3)20(17(22)15-12-8-5-9-13-15)19-16(21)14-10-6-4-7-11-14/h14-15H,4-13H2,1-3H3,(H,19,21). The van der Waals surface area contributed by atoms with Gasteiger partial charge in [0.05, 0.1) is 5.54 Å². The molecule has 4 nitrogen and oxygen atoms in total. The number of hydrazine groups is 1. The Kier molecular flexibility index (Phi) is 5.87. The van der Waals surface area contributed by atoms with E-state index in [9.17, 15) is 9.59 Å². The van der Waals surface area contributed by atoms with Gasteiger partial charge in [0.1, 0.15) is 0 Å². The highest BCUT2D eigenvalue weighted by atomic mass is 16.2. The number of hydrogen-bond donors (Lipinski definition) is 1. The van der Waals surface area contributed by atoms with Gasteiger partial charge in [-0.15, -0.1) is 0 Å². The molecular weight excluding hydrogens is 276 g/mol. The average Bonchev–Trinajstić information content (AvgIpc) is 2.52. The Balaban J connectivity index is 2.02. The molecule has 1 N–H and O–H groups in total. The molecule has 2 rings (SSSR count). The van der Waals surface area contributed by atoms with Gasteiger partial charge < -0.3 is 0 Å². The smallest absolute Gasteiger partial charge is 0.244 e. The van der Waals surface area contributed by atoms with Crippen LogP contribution in [0.3, 0.4) is 0 Å². The van der Waals surface area contributed by atoms with Gasteiger partial charge in [0.15, 0.2) is 0 Å². The summed E-state index contributed by atoms with van der Waals surface area (Å²) in [5.74, 6) is 0.313. The van der Waals surface area contributed by atoms with Crippen LogP contribution in [0.5, 0.6) is 0 Å². The second kappa shape index (κ2) is 7.47. The van der Waals surface area contributed by atoms with Crippen LogP contribution in [0.15, 0.2) is 0 Å². The maximum atomic E-state index is 12.9. The minimum absolute atomic E-state index is 0.0405. The molecule has 0 radical (unpaired) electrons. The molecule has 4 heteroatoms. The summed E-state index contributed by atoms with van der Waals surface area (Å²) in [4.78, 5) is 25.4. The highest BCUT2D eigenvalue weighted by Crippen LogP contribution is 2.28. The summed E-state index contributed by atoms with van der Waals surface area (Å²) >= 11 is 0. The highest BCUT2D eigenvalue weighted by Gasteiger charge is 2.35. The summed E-state index contributed by atoms with van der Waals surface area (Å²) in [5, 5.41) is 1.62. The quantitative estimate of drug-likeness (QED) is 0.789. The monoisotopic (exact) mass is 308 g/mol. The van der Waals surface area contributed by atoms with Gasteiger partial charge in [0.2, 0.25) is 11.8 Å². The van der Waals surface area contributed by atoms with Gasteiger partial charge in [-0.1, -0.05) is 38.5 Å². The normalized spacial score (nSPS) is 21.4. The lowest BCUT2D eigenvalue weighted by Gasteiger charge is -2.39. The van der Waals surface area contributed by atoms with Crippen molar-refractivity contribution in [2.75, 3.05) is 0 Å². The van der Waals surface area contributed by atoms with Crippen molar-refractivity contribution in [1.82, 2.24) is 10.4 Å². The third-order valence-corrected chi connectivity index (χ3v) is 5.04. The molecule has 2 aliphatic rings. The van der Waals surface area contributed by atoms with Gasteiger partial charge in [-0.05, 0) is 46.5 Å². The highest BCUT2D eigenvalue weighted by molar-refractivity contribution is 5.85. The van der Waals surface area contributed by atoms with Gasteiger partial charge in [-0.2, -0.15) is 0 Å². The number of carbonyl (C=O) groups is 2. The van der Waals surface area contributed by atoms with E-state index in [1.165, 1.54) is 12.8 Å². The van der Waals surface area contributed by atoms with Gasteiger partial charge in [0, 0.05) is 11.8 Å². The molecule has 2 saturated carbocycles. The molecule has 0 atom stereocenters. The lowest BCUT2D eigenvalue weighted by Crippen LogP contribution is -2.58. The van der Waals surface area contributed by atoms with Crippen LogP contribution < -0.4 is 5.43 Å². The number of rotatable bonds is 2. The summed E-state index contributed by atoms with van der Waals surface area (Å²) in [5.41, 5.74) is 2.59. The van der Waals surface area contributed by atoms with E-state index in [-0.39, 0.29) is 29.2 Å². The molecule has 2 amide bonds. The summed E-state index contributed by atoms with van der Waals surface area (Å²) < 4.78 is 0. The Labute approximate surface area is 135 Å². The van der Waals surface area contributed by atoms with Gasteiger partial charge in [-0.3, -0.25) is 15.0 Å². The topological polar surface area (TPSA) is 49.4 Å². The van der Waals surface area contributed by atoms with Crippen molar-refractivity contribution in [3.8, 4) is 0 Å². The van der Waals surface area contributed by atoms with Crippen molar-refractivity contribution in [1.29, 1.82) is 0 Å². The predicted octanol–water partition coefficient (Wildman–Crippen LogP) is 3.81. The minimum Gasteiger partial charge on any atom is -0.273 e. The van der Waals surface area contributed by atoms with Crippen LogP contribution >= 0.6 is 0 Å². The van der Waals surface area contributed by atoms with E-state index in [1.807, 2.05) is 20.8 Å². The first-order chi connectivity index (χ1) is 10.4. The van der Waals surface area contributed by atoms with Crippen molar-refractivity contribution < 1.29 is 9.59 Å². The molecule has 126 valence electrons. The van der Waals surface area contributed by atoms with Crippen LogP contribution in [-0.4, -0.2) is 22.4 Å². The van der Waals surface area contributed by atoms with Crippen molar-refractivity contribution in [3.05, 3.63) is 0 Å². The molecule has 0 aromatic carbocycles. The second-order valence-electron chi connectivity index (χ2n) is 7.99. The first kappa shape index (κ1) is 17.3. The second-order valence-corrected chi connectivity index (χ2v) is 7.99. The van der Waals surface area contributed by atoms with Crippen LogP contribution in [0.25, 0.3) is 0 Å².